The van der Waals surface area contributed by atoms with Crippen molar-refractivity contribution in [3.63, 3.8) is 0 Å². The highest BCUT2D eigenvalue weighted by molar-refractivity contribution is 5.98. The average molecular weight is 429 g/mol. The molecule has 0 aliphatic rings. The van der Waals surface area contributed by atoms with Crippen molar-refractivity contribution in [1.29, 1.82) is 0 Å². The van der Waals surface area contributed by atoms with E-state index in [-0.39, 0.29) is 5.91 Å². The van der Waals surface area contributed by atoms with Gasteiger partial charge in [-0.3, -0.25) is 9.59 Å². The van der Waals surface area contributed by atoms with Gasteiger partial charge in [0.1, 0.15) is 11.5 Å². The molecule has 0 radical (unpaired) electrons. The van der Waals surface area contributed by atoms with Crippen LogP contribution < -0.4 is 11.1 Å². The Morgan fingerprint density at radius 3 is 1.56 bits per heavy atom. The second kappa shape index (κ2) is 11.3. The van der Waals surface area contributed by atoms with Crippen LogP contribution in [0.1, 0.15) is 55.7 Å². The number of primary amides is 1. The molecule has 0 unspecified atom stereocenters. The highest BCUT2D eigenvalue weighted by Crippen LogP contribution is 2.39. The molecule has 3 aromatic carbocycles. The van der Waals surface area contributed by atoms with E-state index in [4.69, 9.17) is 5.73 Å². The van der Waals surface area contributed by atoms with Gasteiger partial charge in [-0.1, -0.05) is 124 Å². The smallest absolute Gasteiger partial charge is 0.240 e. The molecule has 0 saturated carbocycles. The van der Waals surface area contributed by atoms with Gasteiger partial charge < -0.3 is 11.1 Å². The Kier molecular flexibility index (Phi) is 8.20. The fraction of sp³-hybridized carbons (Fsp3) is 0.286. The summed E-state index contributed by atoms with van der Waals surface area (Å²) < 4.78 is 0. The Bertz CT molecular complexity index is 891. The first-order chi connectivity index (χ1) is 15.6. The van der Waals surface area contributed by atoms with Gasteiger partial charge in [-0.15, -0.1) is 0 Å². The van der Waals surface area contributed by atoms with Gasteiger partial charge >= 0.3 is 0 Å². The molecule has 0 heterocycles. The summed E-state index contributed by atoms with van der Waals surface area (Å²) >= 11 is 0. The van der Waals surface area contributed by atoms with Crippen LogP contribution in [0.25, 0.3) is 0 Å². The topological polar surface area (TPSA) is 72.2 Å². The highest BCUT2D eigenvalue weighted by atomic mass is 16.2. The molecule has 166 valence electrons. The van der Waals surface area contributed by atoms with E-state index in [0.29, 0.717) is 6.42 Å². The molecule has 0 aliphatic heterocycles. The number of benzene rings is 3. The SMILES string of the molecule is CCCCCC[C@H](NC(=O)C(c1ccccc1)(c1ccccc1)c1ccccc1)C(N)=O. The fourth-order valence-corrected chi connectivity index (χ4v) is 4.29. The van der Waals surface area contributed by atoms with Crippen LogP contribution in [0.4, 0.5) is 0 Å². The zero-order chi connectivity index (χ0) is 22.8. The minimum atomic E-state index is -1.11. The first-order valence-corrected chi connectivity index (χ1v) is 11.4. The number of carbonyl (C=O) groups is 2. The van der Waals surface area contributed by atoms with Crippen molar-refractivity contribution in [1.82, 2.24) is 5.32 Å². The molecule has 3 rings (SSSR count). The highest BCUT2D eigenvalue weighted by Gasteiger charge is 2.44. The Balaban J connectivity index is 2.09. The summed E-state index contributed by atoms with van der Waals surface area (Å²) in [5, 5.41) is 3.02. The average Bonchev–Trinajstić information content (AvgIpc) is 2.83. The van der Waals surface area contributed by atoms with Crippen molar-refractivity contribution in [2.45, 2.75) is 50.5 Å². The van der Waals surface area contributed by atoms with E-state index >= 15 is 0 Å². The van der Waals surface area contributed by atoms with E-state index in [9.17, 15) is 9.59 Å². The van der Waals surface area contributed by atoms with E-state index in [0.717, 1.165) is 42.4 Å². The molecule has 1 atom stereocenters. The minimum Gasteiger partial charge on any atom is -0.368 e. The third-order valence-corrected chi connectivity index (χ3v) is 5.96. The molecule has 3 N–H and O–H groups in total. The molecule has 0 spiro atoms. The Morgan fingerprint density at radius 2 is 1.19 bits per heavy atom. The molecule has 32 heavy (non-hydrogen) atoms. The first kappa shape index (κ1) is 23.3. The van der Waals surface area contributed by atoms with Gasteiger partial charge in [0.25, 0.3) is 0 Å². The lowest BCUT2D eigenvalue weighted by molar-refractivity contribution is -0.129. The van der Waals surface area contributed by atoms with Crippen LogP contribution in [0.3, 0.4) is 0 Å². The molecular weight excluding hydrogens is 396 g/mol. The van der Waals surface area contributed by atoms with Crippen molar-refractivity contribution in [2.75, 3.05) is 0 Å². The van der Waals surface area contributed by atoms with E-state index in [1.807, 2.05) is 91.0 Å². The molecule has 4 nitrogen and oxygen atoms in total. The lowest BCUT2D eigenvalue weighted by Gasteiger charge is -2.35. The van der Waals surface area contributed by atoms with Crippen molar-refractivity contribution in [3.05, 3.63) is 108 Å². The van der Waals surface area contributed by atoms with E-state index in [2.05, 4.69) is 12.2 Å². The summed E-state index contributed by atoms with van der Waals surface area (Å²) in [6.45, 7) is 2.14. The first-order valence-electron chi connectivity index (χ1n) is 11.4. The number of carbonyl (C=O) groups excluding carboxylic acids is 2. The zero-order valence-corrected chi connectivity index (χ0v) is 18.7. The van der Waals surface area contributed by atoms with Crippen molar-refractivity contribution >= 4 is 11.8 Å². The van der Waals surface area contributed by atoms with Crippen molar-refractivity contribution in [3.8, 4) is 0 Å². The summed E-state index contributed by atoms with van der Waals surface area (Å²) in [6.07, 6.45) is 4.59. The quantitative estimate of drug-likeness (QED) is 0.335. The van der Waals surface area contributed by atoms with E-state index in [1.54, 1.807) is 0 Å². The molecule has 3 aromatic rings. The Labute approximate surface area is 190 Å². The molecule has 4 heteroatoms. The second-order valence-electron chi connectivity index (χ2n) is 8.13. The van der Waals surface area contributed by atoms with E-state index < -0.39 is 17.4 Å². The predicted octanol–water partition coefficient (Wildman–Crippen LogP) is 4.96. The third kappa shape index (κ3) is 5.08. The molecule has 0 aromatic heterocycles. The summed E-state index contributed by atoms with van der Waals surface area (Å²) in [4.78, 5) is 26.4. The normalized spacial score (nSPS) is 12.2. The van der Waals surface area contributed by atoms with Crippen molar-refractivity contribution < 1.29 is 9.59 Å². The van der Waals surface area contributed by atoms with Crippen LogP contribution in [-0.2, 0) is 15.0 Å². The van der Waals surface area contributed by atoms with E-state index in [1.165, 1.54) is 0 Å². The van der Waals surface area contributed by atoms with Crippen LogP contribution >= 0.6 is 0 Å². The molecule has 0 saturated heterocycles. The number of nitrogens with two attached hydrogens (primary N) is 1. The van der Waals surface area contributed by atoms with Gasteiger partial charge in [0, 0.05) is 0 Å². The predicted molar refractivity (Wildman–Crippen MR) is 129 cm³/mol. The maximum atomic E-state index is 14.2. The van der Waals surface area contributed by atoms with Crippen LogP contribution in [-0.4, -0.2) is 17.9 Å². The molecule has 0 fully saturated rings. The number of hydrogen-bond acceptors (Lipinski definition) is 2. The van der Waals surface area contributed by atoms with Gasteiger partial charge in [-0.05, 0) is 23.1 Å². The summed E-state index contributed by atoms with van der Waals surface area (Å²) in [5.41, 5.74) is 7.11. The summed E-state index contributed by atoms with van der Waals surface area (Å²) in [6, 6.07) is 28.4. The minimum absolute atomic E-state index is 0.250. The van der Waals surface area contributed by atoms with Gasteiger partial charge in [0.15, 0.2) is 0 Å². The van der Waals surface area contributed by atoms with Gasteiger partial charge in [-0.2, -0.15) is 0 Å². The van der Waals surface area contributed by atoms with Crippen LogP contribution in [0.15, 0.2) is 91.0 Å². The Morgan fingerprint density at radius 1 is 0.750 bits per heavy atom. The maximum absolute atomic E-state index is 14.2. The largest absolute Gasteiger partial charge is 0.368 e. The number of nitrogens with one attached hydrogen (secondary N) is 1. The standard InChI is InChI=1S/C28H32N2O2/c1-2-3-4-14-21-25(26(29)31)30-27(32)28(22-15-8-5-9-16-22,23-17-10-6-11-18-23)24-19-12-7-13-20-24/h5-13,15-20,25H,2-4,14,21H2,1H3,(H2,29,31)(H,30,32)/t25-/m0/s1. The fourth-order valence-electron chi connectivity index (χ4n) is 4.29. The number of amides is 2. The van der Waals surface area contributed by atoms with Crippen LogP contribution in [0.2, 0.25) is 0 Å². The van der Waals surface area contributed by atoms with Gasteiger partial charge in [0.2, 0.25) is 11.8 Å². The molecule has 0 bridgehead atoms. The summed E-state index contributed by atoms with van der Waals surface area (Å²) in [5.74, 6) is -0.752. The maximum Gasteiger partial charge on any atom is 0.240 e. The lowest BCUT2D eigenvalue weighted by atomic mass is 9.68. The second-order valence-corrected chi connectivity index (χ2v) is 8.13. The van der Waals surface area contributed by atoms with Crippen molar-refractivity contribution in [2.24, 2.45) is 5.73 Å². The zero-order valence-electron chi connectivity index (χ0n) is 18.7. The van der Waals surface area contributed by atoms with Crippen LogP contribution in [0, 0.1) is 0 Å². The third-order valence-electron chi connectivity index (χ3n) is 5.96. The Hall–Kier alpha value is -3.40. The number of unbranched alkanes of at least 4 members (excludes halogenated alkanes) is 3. The summed E-state index contributed by atoms with van der Waals surface area (Å²) in [7, 11) is 0. The monoisotopic (exact) mass is 428 g/mol. The molecular formula is C28H32N2O2. The van der Waals surface area contributed by atoms with Gasteiger partial charge in [-0.25, -0.2) is 0 Å². The van der Waals surface area contributed by atoms with Gasteiger partial charge in [0.05, 0.1) is 0 Å². The molecule has 0 aliphatic carbocycles. The lowest BCUT2D eigenvalue weighted by Crippen LogP contribution is -2.53. The van der Waals surface area contributed by atoms with Crippen LogP contribution in [0.5, 0.6) is 0 Å². The number of rotatable bonds is 11. The molecule has 2 amide bonds. The number of hydrogen-bond donors (Lipinski definition) is 2.